The molecule has 0 aromatic rings. The van der Waals surface area contributed by atoms with Crippen molar-refractivity contribution in [3.8, 4) is 0 Å². The molecule has 0 atom stereocenters. The minimum atomic E-state index is -0.222. The van der Waals surface area contributed by atoms with Crippen LogP contribution in [0.1, 0.15) is 40.0 Å². The van der Waals surface area contributed by atoms with Gasteiger partial charge in [-0.3, -0.25) is 4.79 Å². The monoisotopic (exact) mass is 310 g/mol. The Morgan fingerprint density at radius 3 is 2.00 bits per heavy atom. The molecule has 6 heteroatoms. The summed E-state index contributed by atoms with van der Waals surface area (Å²) in [5, 5.41) is 2.97. The Bertz CT molecular complexity index is 391. The van der Waals surface area contributed by atoms with E-state index in [9.17, 15) is 9.59 Å². The quantitative estimate of drug-likeness (QED) is 0.850. The largest absolute Gasteiger partial charge is 0.339 e. The summed E-state index contributed by atoms with van der Waals surface area (Å²) in [5.74, 6) is 0.225. The molecule has 2 aliphatic heterocycles. The summed E-state index contributed by atoms with van der Waals surface area (Å²) in [7, 11) is 0. The lowest BCUT2D eigenvalue weighted by Crippen LogP contribution is -2.56. The SMILES string of the molecule is CC(C)(C)NC(=O)N1CCN(C(=O)CCN2CCCC2)CC1. The number of carbonyl (C=O) groups is 2. The van der Waals surface area contributed by atoms with Crippen molar-refractivity contribution in [3.05, 3.63) is 0 Å². The van der Waals surface area contributed by atoms with Crippen molar-refractivity contribution in [1.82, 2.24) is 20.0 Å². The second-order valence-corrected chi connectivity index (χ2v) is 7.35. The fraction of sp³-hybridized carbons (Fsp3) is 0.875. The average molecular weight is 310 g/mol. The third-order valence-corrected chi connectivity index (χ3v) is 4.24. The summed E-state index contributed by atoms with van der Waals surface area (Å²) >= 11 is 0. The minimum absolute atomic E-state index is 0.0309. The molecule has 0 aromatic heterocycles. The molecule has 2 fully saturated rings. The first-order chi connectivity index (χ1) is 10.3. The average Bonchev–Trinajstić information content (AvgIpc) is 2.96. The molecule has 0 aromatic carbocycles. The number of nitrogens with one attached hydrogen (secondary N) is 1. The highest BCUT2D eigenvalue weighted by Gasteiger charge is 2.26. The van der Waals surface area contributed by atoms with Crippen molar-refractivity contribution in [2.45, 2.75) is 45.6 Å². The van der Waals surface area contributed by atoms with Gasteiger partial charge in [0.1, 0.15) is 0 Å². The second-order valence-electron chi connectivity index (χ2n) is 7.35. The number of rotatable bonds is 3. The van der Waals surface area contributed by atoms with Gasteiger partial charge in [-0.15, -0.1) is 0 Å². The van der Waals surface area contributed by atoms with E-state index in [2.05, 4.69) is 10.2 Å². The molecular weight excluding hydrogens is 280 g/mol. The first-order valence-corrected chi connectivity index (χ1v) is 8.42. The number of piperazine rings is 1. The van der Waals surface area contributed by atoms with Gasteiger partial charge in [0.15, 0.2) is 0 Å². The predicted octanol–water partition coefficient (Wildman–Crippen LogP) is 1.12. The fourth-order valence-electron chi connectivity index (χ4n) is 2.98. The van der Waals surface area contributed by atoms with Gasteiger partial charge < -0.3 is 20.0 Å². The summed E-state index contributed by atoms with van der Waals surface area (Å²) in [5.41, 5.74) is -0.222. The van der Waals surface area contributed by atoms with E-state index in [1.165, 1.54) is 12.8 Å². The Hall–Kier alpha value is -1.30. The van der Waals surface area contributed by atoms with E-state index in [1.807, 2.05) is 25.7 Å². The first kappa shape index (κ1) is 17.1. The third kappa shape index (κ3) is 5.16. The molecule has 2 heterocycles. The number of hydrogen-bond acceptors (Lipinski definition) is 3. The van der Waals surface area contributed by atoms with Crippen molar-refractivity contribution in [3.63, 3.8) is 0 Å². The molecule has 3 amide bonds. The van der Waals surface area contributed by atoms with Crippen LogP contribution in [0, 0.1) is 0 Å². The van der Waals surface area contributed by atoms with Gasteiger partial charge in [-0.2, -0.15) is 0 Å². The van der Waals surface area contributed by atoms with Crippen LogP contribution in [-0.2, 0) is 4.79 Å². The van der Waals surface area contributed by atoms with Crippen molar-refractivity contribution in [1.29, 1.82) is 0 Å². The molecule has 0 unspecified atom stereocenters. The van der Waals surface area contributed by atoms with Crippen molar-refractivity contribution in [2.75, 3.05) is 45.8 Å². The van der Waals surface area contributed by atoms with Crippen LogP contribution in [-0.4, -0.2) is 78.0 Å². The van der Waals surface area contributed by atoms with Gasteiger partial charge in [-0.25, -0.2) is 4.79 Å². The zero-order chi connectivity index (χ0) is 16.2. The lowest BCUT2D eigenvalue weighted by atomic mass is 10.1. The van der Waals surface area contributed by atoms with Crippen molar-refractivity contribution >= 4 is 11.9 Å². The molecule has 22 heavy (non-hydrogen) atoms. The van der Waals surface area contributed by atoms with Gasteiger partial charge in [-0.1, -0.05) is 0 Å². The van der Waals surface area contributed by atoms with Crippen LogP contribution in [0.3, 0.4) is 0 Å². The standard InChI is InChI=1S/C16H30N4O2/c1-16(2,3)17-15(22)20-12-10-19(11-13-20)14(21)6-9-18-7-4-5-8-18/h4-13H2,1-3H3,(H,17,22). The Morgan fingerprint density at radius 2 is 1.45 bits per heavy atom. The lowest BCUT2D eigenvalue weighted by molar-refractivity contribution is -0.132. The van der Waals surface area contributed by atoms with E-state index in [1.54, 1.807) is 4.90 Å². The van der Waals surface area contributed by atoms with E-state index < -0.39 is 0 Å². The Morgan fingerprint density at radius 1 is 0.909 bits per heavy atom. The van der Waals surface area contributed by atoms with Crippen LogP contribution < -0.4 is 5.32 Å². The highest BCUT2D eigenvalue weighted by atomic mass is 16.2. The minimum Gasteiger partial charge on any atom is -0.339 e. The Labute approximate surface area is 133 Å². The molecule has 2 aliphatic rings. The van der Waals surface area contributed by atoms with E-state index in [-0.39, 0.29) is 17.5 Å². The van der Waals surface area contributed by atoms with Crippen LogP contribution >= 0.6 is 0 Å². The van der Waals surface area contributed by atoms with Gasteiger partial charge in [-0.05, 0) is 46.7 Å². The molecule has 2 rings (SSSR count). The van der Waals surface area contributed by atoms with Crippen molar-refractivity contribution in [2.24, 2.45) is 0 Å². The van der Waals surface area contributed by atoms with Crippen LogP contribution in [0.2, 0.25) is 0 Å². The lowest BCUT2D eigenvalue weighted by Gasteiger charge is -2.36. The topological polar surface area (TPSA) is 55.9 Å². The first-order valence-electron chi connectivity index (χ1n) is 8.42. The number of likely N-dealkylation sites (tertiary alicyclic amines) is 1. The summed E-state index contributed by atoms with van der Waals surface area (Å²) in [4.78, 5) is 30.4. The Balaban J connectivity index is 1.69. The molecule has 0 spiro atoms. The number of urea groups is 1. The van der Waals surface area contributed by atoms with Crippen LogP contribution in [0.15, 0.2) is 0 Å². The predicted molar refractivity (Wildman–Crippen MR) is 86.7 cm³/mol. The van der Waals surface area contributed by atoms with Crippen LogP contribution in [0.25, 0.3) is 0 Å². The van der Waals surface area contributed by atoms with E-state index >= 15 is 0 Å². The molecule has 0 aliphatic carbocycles. The zero-order valence-electron chi connectivity index (χ0n) is 14.2. The Kier molecular flexibility index (Phi) is 5.67. The highest BCUT2D eigenvalue weighted by Crippen LogP contribution is 2.10. The molecule has 2 saturated heterocycles. The summed E-state index contributed by atoms with van der Waals surface area (Å²) in [6.45, 7) is 11.6. The second kappa shape index (κ2) is 7.31. The van der Waals surface area contributed by atoms with Gasteiger partial charge >= 0.3 is 6.03 Å². The van der Waals surface area contributed by atoms with Gasteiger partial charge in [0.2, 0.25) is 5.91 Å². The number of hydrogen-bond donors (Lipinski definition) is 1. The van der Waals surface area contributed by atoms with Crippen LogP contribution in [0.4, 0.5) is 4.79 Å². The maximum atomic E-state index is 12.2. The number of amides is 3. The molecule has 0 radical (unpaired) electrons. The summed E-state index contributed by atoms with van der Waals surface area (Å²) in [6.07, 6.45) is 3.12. The van der Waals surface area contributed by atoms with Crippen LogP contribution in [0.5, 0.6) is 0 Å². The number of nitrogens with zero attached hydrogens (tertiary/aromatic N) is 3. The number of carbonyl (C=O) groups excluding carboxylic acids is 2. The summed E-state index contributed by atoms with van der Waals surface area (Å²) < 4.78 is 0. The normalized spacial score (nSPS) is 20.3. The molecular formula is C16H30N4O2. The van der Waals surface area contributed by atoms with Crippen molar-refractivity contribution < 1.29 is 9.59 Å². The summed E-state index contributed by atoms with van der Waals surface area (Å²) in [6, 6.07) is -0.0309. The highest BCUT2D eigenvalue weighted by molar-refractivity contribution is 5.78. The molecule has 1 N–H and O–H groups in total. The van der Waals surface area contributed by atoms with Gasteiger partial charge in [0, 0.05) is 44.7 Å². The maximum absolute atomic E-state index is 12.2. The van der Waals surface area contributed by atoms with E-state index in [0.29, 0.717) is 32.6 Å². The third-order valence-electron chi connectivity index (χ3n) is 4.24. The zero-order valence-corrected chi connectivity index (χ0v) is 14.2. The molecule has 0 bridgehead atoms. The molecule has 0 saturated carbocycles. The van der Waals surface area contributed by atoms with E-state index in [4.69, 9.17) is 0 Å². The fourth-order valence-corrected chi connectivity index (χ4v) is 2.98. The smallest absolute Gasteiger partial charge is 0.317 e. The maximum Gasteiger partial charge on any atom is 0.317 e. The molecule has 6 nitrogen and oxygen atoms in total. The van der Waals surface area contributed by atoms with Gasteiger partial charge in [0.25, 0.3) is 0 Å². The van der Waals surface area contributed by atoms with Gasteiger partial charge in [0.05, 0.1) is 0 Å². The van der Waals surface area contributed by atoms with E-state index in [0.717, 1.165) is 19.6 Å². The molecule has 126 valence electrons.